The van der Waals surface area contributed by atoms with Crippen molar-refractivity contribution in [1.29, 1.82) is 0 Å². The summed E-state index contributed by atoms with van der Waals surface area (Å²) in [7, 11) is 4.06. The van der Waals surface area contributed by atoms with E-state index in [1.54, 1.807) is 11.3 Å². The Morgan fingerprint density at radius 3 is 2.06 bits per heavy atom. The van der Waals surface area contributed by atoms with Gasteiger partial charge in [-0.1, -0.05) is 17.7 Å². The van der Waals surface area contributed by atoms with E-state index in [0.29, 0.717) is 6.42 Å². The standard InChI is InChI=1S/C20H29N3OS.C4H6O6/c1-7-23(11-10-22(5)6)19(24)13-18-20(21-16(4)25-18)17-12-14(2)8-9-15(17)3;5-1(3(7)8)2(6)4(9)10/h8-9,12H,7,10-11,13H2,1-6H3;1-2,5-6H,(H,7,8)(H,9,10). The van der Waals surface area contributed by atoms with E-state index in [4.69, 9.17) is 25.4 Å². The van der Waals surface area contributed by atoms with Gasteiger partial charge in [-0.25, -0.2) is 14.6 Å². The van der Waals surface area contributed by atoms with Gasteiger partial charge in [0, 0.05) is 30.1 Å². The van der Waals surface area contributed by atoms with Crippen LogP contribution in [0.3, 0.4) is 0 Å². The molecule has 2 aromatic rings. The predicted octanol–water partition coefficient (Wildman–Crippen LogP) is 1.57. The van der Waals surface area contributed by atoms with Gasteiger partial charge in [-0.2, -0.15) is 0 Å². The number of hydrogen-bond donors (Lipinski definition) is 4. The molecular weight excluding hydrogens is 474 g/mol. The minimum atomic E-state index is -2.27. The Bertz CT molecular complexity index is 1000. The van der Waals surface area contributed by atoms with E-state index in [2.05, 4.69) is 36.9 Å². The SMILES string of the molecule is CCN(CCN(C)C)C(=O)Cc1sc(C)nc1-c1cc(C)ccc1C.O=C(O)C(O)C(O)C(=O)O. The number of rotatable bonds is 10. The van der Waals surface area contributed by atoms with Crippen LogP contribution in [0.25, 0.3) is 11.3 Å². The molecule has 0 aliphatic heterocycles. The zero-order valence-corrected chi connectivity index (χ0v) is 21.8. The summed E-state index contributed by atoms with van der Waals surface area (Å²) in [4.78, 5) is 42.2. The average molecular weight is 510 g/mol. The van der Waals surface area contributed by atoms with Crippen LogP contribution in [0.4, 0.5) is 0 Å². The Balaban J connectivity index is 0.000000518. The Kier molecular flexibility index (Phi) is 12.0. The number of carboxylic acids is 2. The van der Waals surface area contributed by atoms with Crippen molar-refractivity contribution >= 4 is 29.2 Å². The van der Waals surface area contributed by atoms with Crippen LogP contribution in [-0.4, -0.2) is 99.0 Å². The van der Waals surface area contributed by atoms with Crippen molar-refractivity contribution < 1.29 is 34.8 Å². The van der Waals surface area contributed by atoms with Gasteiger partial charge in [-0.3, -0.25) is 4.79 Å². The fourth-order valence-electron chi connectivity index (χ4n) is 3.09. The third-order valence-corrected chi connectivity index (χ3v) is 6.09. The van der Waals surface area contributed by atoms with Gasteiger partial charge in [0.15, 0.2) is 12.2 Å². The number of thiazole rings is 1. The van der Waals surface area contributed by atoms with Crippen LogP contribution in [0.1, 0.15) is 27.9 Å². The lowest BCUT2D eigenvalue weighted by molar-refractivity contribution is -0.165. The number of nitrogens with zero attached hydrogens (tertiary/aromatic N) is 3. The molecule has 0 aliphatic carbocycles. The highest BCUT2D eigenvalue weighted by molar-refractivity contribution is 7.12. The van der Waals surface area contributed by atoms with E-state index in [1.165, 1.54) is 11.1 Å². The first kappa shape index (κ1) is 30.2. The highest BCUT2D eigenvalue weighted by Gasteiger charge is 2.29. The molecule has 4 N–H and O–H groups in total. The number of aliphatic hydroxyl groups excluding tert-OH is 2. The first-order chi connectivity index (χ1) is 16.3. The maximum Gasteiger partial charge on any atom is 0.335 e. The summed E-state index contributed by atoms with van der Waals surface area (Å²) < 4.78 is 0. The van der Waals surface area contributed by atoms with Crippen molar-refractivity contribution in [2.75, 3.05) is 33.7 Å². The van der Waals surface area contributed by atoms with Gasteiger partial charge in [0.05, 0.1) is 17.1 Å². The van der Waals surface area contributed by atoms with Crippen LogP contribution >= 0.6 is 11.3 Å². The summed E-state index contributed by atoms with van der Waals surface area (Å²) in [5, 5.41) is 33.5. The van der Waals surface area contributed by atoms with E-state index in [-0.39, 0.29) is 5.91 Å². The van der Waals surface area contributed by atoms with E-state index >= 15 is 0 Å². The molecule has 2 unspecified atom stereocenters. The number of aliphatic carboxylic acids is 2. The quantitative estimate of drug-likeness (QED) is 0.374. The van der Waals surface area contributed by atoms with E-state index in [9.17, 15) is 14.4 Å². The topological polar surface area (TPSA) is 152 Å². The molecule has 2 atom stereocenters. The molecule has 2 rings (SSSR count). The number of carbonyl (C=O) groups excluding carboxylic acids is 1. The van der Waals surface area contributed by atoms with E-state index in [0.717, 1.165) is 40.8 Å². The van der Waals surface area contributed by atoms with Crippen molar-refractivity contribution in [1.82, 2.24) is 14.8 Å². The number of carbonyl (C=O) groups is 3. The average Bonchev–Trinajstić information content (AvgIpc) is 3.14. The summed E-state index contributed by atoms with van der Waals surface area (Å²) in [6.45, 7) is 10.6. The van der Waals surface area contributed by atoms with Crippen molar-refractivity contribution in [3.8, 4) is 11.3 Å². The van der Waals surface area contributed by atoms with E-state index in [1.807, 2.05) is 32.8 Å². The minimum absolute atomic E-state index is 0.180. The summed E-state index contributed by atoms with van der Waals surface area (Å²) in [5.41, 5.74) is 4.53. The fraction of sp³-hybridized carbons (Fsp3) is 0.500. The number of benzene rings is 1. The number of aliphatic hydroxyl groups is 2. The Hall–Kier alpha value is -2.86. The predicted molar refractivity (Wildman–Crippen MR) is 134 cm³/mol. The molecule has 10 nitrogen and oxygen atoms in total. The molecule has 0 saturated heterocycles. The molecule has 1 aromatic carbocycles. The monoisotopic (exact) mass is 509 g/mol. The Morgan fingerprint density at radius 1 is 1.00 bits per heavy atom. The summed E-state index contributed by atoms with van der Waals surface area (Å²) in [5.74, 6) is -3.36. The lowest BCUT2D eigenvalue weighted by Crippen LogP contribution is -2.39. The van der Waals surface area contributed by atoms with Gasteiger partial charge >= 0.3 is 11.9 Å². The van der Waals surface area contributed by atoms with Crippen LogP contribution in [0, 0.1) is 20.8 Å². The number of aromatic nitrogens is 1. The van der Waals surface area contributed by atoms with Gasteiger partial charge in [-0.05, 0) is 53.4 Å². The molecule has 35 heavy (non-hydrogen) atoms. The maximum absolute atomic E-state index is 12.8. The molecule has 1 amide bonds. The lowest BCUT2D eigenvalue weighted by Gasteiger charge is -2.22. The lowest BCUT2D eigenvalue weighted by atomic mass is 10.0. The second kappa shape index (κ2) is 13.9. The van der Waals surface area contributed by atoms with Gasteiger partial charge in [0.25, 0.3) is 0 Å². The van der Waals surface area contributed by atoms with Gasteiger partial charge in [0.2, 0.25) is 5.91 Å². The molecule has 11 heteroatoms. The van der Waals surface area contributed by atoms with Crippen molar-refractivity contribution in [3.63, 3.8) is 0 Å². The third-order valence-electron chi connectivity index (χ3n) is 5.12. The van der Waals surface area contributed by atoms with Crippen molar-refractivity contribution in [2.45, 2.75) is 46.3 Å². The highest BCUT2D eigenvalue weighted by atomic mass is 32.1. The van der Waals surface area contributed by atoms with Gasteiger partial charge in [0.1, 0.15) is 0 Å². The first-order valence-corrected chi connectivity index (χ1v) is 11.9. The molecule has 0 fully saturated rings. The van der Waals surface area contributed by atoms with Crippen LogP contribution in [0.2, 0.25) is 0 Å². The largest absolute Gasteiger partial charge is 0.479 e. The summed E-state index contributed by atoms with van der Waals surface area (Å²) in [6.07, 6.45) is -4.11. The zero-order chi connectivity index (χ0) is 26.9. The van der Waals surface area contributed by atoms with Crippen molar-refractivity contribution in [2.24, 2.45) is 0 Å². The van der Waals surface area contributed by atoms with Gasteiger partial charge < -0.3 is 30.2 Å². The van der Waals surface area contributed by atoms with E-state index < -0.39 is 24.1 Å². The number of aryl methyl sites for hydroxylation is 3. The zero-order valence-electron chi connectivity index (χ0n) is 21.0. The normalized spacial score (nSPS) is 12.5. The van der Waals surface area contributed by atoms with Gasteiger partial charge in [-0.15, -0.1) is 11.3 Å². The highest BCUT2D eigenvalue weighted by Crippen LogP contribution is 2.31. The molecule has 0 saturated carbocycles. The van der Waals surface area contributed by atoms with Crippen LogP contribution < -0.4 is 0 Å². The Morgan fingerprint density at radius 2 is 1.57 bits per heavy atom. The second-order valence-corrected chi connectivity index (χ2v) is 9.63. The summed E-state index contributed by atoms with van der Waals surface area (Å²) >= 11 is 1.64. The number of hydrogen-bond acceptors (Lipinski definition) is 8. The third kappa shape index (κ3) is 9.36. The number of carboxylic acid groups (broad SMARTS) is 2. The van der Waals surface area contributed by atoms with Crippen LogP contribution in [0.5, 0.6) is 0 Å². The smallest absolute Gasteiger partial charge is 0.335 e. The molecular formula is C24H35N3O7S. The molecule has 1 aromatic heterocycles. The Labute approximate surface area is 209 Å². The molecule has 194 valence electrons. The maximum atomic E-state index is 12.8. The summed E-state index contributed by atoms with van der Waals surface area (Å²) in [6, 6.07) is 6.41. The molecule has 1 heterocycles. The molecule has 0 radical (unpaired) electrons. The van der Waals surface area contributed by atoms with Crippen LogP contribution in [0.15, 0.2) is 18.2 Å². The molecule has 0 bridgehead atoms. The van der Waals surface area contributed by atoms with Crippen molar-refractivity contribution in [3.05, 3.63) is 39.2 Å². The fourth-order valence-corrected chi connectivity index (χ4v) is 4.03. The van der Waals surface area contributed by atoms with Crippen LogP contribution in [-0.2, 0) is 20.8 Å². The number of likely N-dealkylation sites (N-methyl/N-ethyl adjacent to an activating group) is 2. The number of amides is 1. The molecule has 0 spiro atoms. The first-order valence-electron chi connectivity index (χ1n) is 11.1. The molecule has 0 aliphatic rings. The second-order valence-electron chi connectivity index (χ2n) is 8.34. The minimum Gasteiger partial charge on any atom is -0.479 e.